The fourth-order valence-electron chi connectivity index (χ4n) is 2.65. The summed E-state index contributed by atoms with van der Waals surface area (Å²) < 4.78 is 10.8. The molecular weight excluding hydrogens is 340 g/mol. The van der Waals surface area contributed by atoms with Crippen LogP contribution in [0.2, 0.25) is 0 Å². The summed E-state index contributed by atoms with van der Waals surface area (Å²) >= 11 is 1.47. The number of benzene rings is 1. The van der Waals surface area contributed by atoms with Crippen LogP contribution in [0.1, 0.15) is 29.2 Å². The van der Waals surface area contributed by atoms with Crippen molar-refractivity contribution >= 4 is 23.6 Å². The summed E-state index contributed by atoms with van der Waals surface area (Å²) in [7, 11) is 0. The van der Waals surface area contributed by atoms with Crippen molar-refractivity contribution in [2.75, 3.05) is 5.75 Å². The number of carbonyl (C=O) groups is 2. The Hall–Kier alpha value is -2.72. The van der Waals surface area contributed by atoms with E-state index in [-0.39, 0.29) is 17.9 Å². The Morgan fingerprint density at radius 2 is 2.12 bits per heavy atom. The zero-order chi connectivity index (χ0) is 17.8. The van der Waals surface area contributed by atoms with Crippen LogP contribution in [-0.2, 0) is 20.9 Å². The summed E-state index contributed by atoms with van der Waals surface area (Å²) in [4.78, 5) is 26.0. The van der Waals surface area contributed by atoms with Crippen LogP contribution < -0.4 is 0 Å². The van der Waals surface area contributed by atoms with Gasteiger partial charge in [0.1, 0.15) is 23.8 Å². The quantitative estimate of drug-likeness (QED) is 0.783. The summed E-state index contributed by atoms with van der Waals surface area (Å²) in [5.41, 5.74) is 1.33. The van der Waals surface area contributed by atoms with E-state index in [0.717, 1.165) is 5.56 Å². The Kier molecular flexibility index (Phi) is 5.10. The molecule has 2 heterocycles. The van der Waals surface area contributed by atoms with Crippen molar-refractivity contribution in [2.24, 2.45) is 0 Å². The number of esters is 1. The lowest BCUT2D eigenvalue weighted by Gasteiger charge is -2.25. The molecule has 1 fully saturated rings. The molecule has 0 saturated carbocycles. The van der Waals surface area contributed by atoms with Gasteiger partial charge < -0.3 is 14.1 Å². The van der Waals surface area contributed by atoms with E-state index >= 15 is 0 Å². The monoisotopic (exact) mass is 356 g/mol. The van der Waals surface area contributed by atoms with Crippen molar-refractivity contribution in [3.63, 3.8) is 0 Å². The average molecular weight is 356 g/mol. The number of furan rings is 1. The van der Waals surface area contributed by atoms with Gasteiger partial charge in [-0.1, -0.05) is 12.1 Å². The molecule has 1 aromatic carbocycles. The van der Waals surface area contributed by atoms with Gasteiger partial charge in [0.25, 0.3) is 0 Å². The molecule has 1 aliphatic rings. The molecule has 1 aromatic heterocycles. The third-order valence-electron chi connectivity index (χ3n) is 3.89. The fraction of sp³-hybridized carbons (Fsp3) is 0.278. The molecule has 1 aliphatic heterocycles. The molecule has 0 radical (unpaired) electrons. The lowest BCUT2D eigenvalue weighted by molar-refractivity contribution is -0.154. The molecule has 0 bridgehead atoms. The van der Waals surface area contributed by atoms with Gasteiger partial charge in [-0.2, -0.15) is 5.26 Å². The Morgan fingerprint density at radius 3 is 2.72 bits per heavy atom. The molecule has 2 atom stereocenters. The summed E-state index contributed by atoms with van der Waals surface area (Å²) in [6.45, 7) is 1.53. The van der Waals surface area contributed by atoms with Gasteiger partial charge in [0.2, 0.25) is 5.91 Å². The first-order valence-corrected chi connectivity index (χ1v) is 8.74. The molecular formula is C18H16N2O4S. The molecule has 1 amide bonds. The van der Waals surface area contributed by atoms with E-state index in [9.17, 15) is 9.59 Å². The predicted octanol–water partition coefficient (Wildman–Crippen LogP) is 2.86. The first-order chi connectivity index (χ1) is 12.1. The van der Waals surface area contributed by atoms with Crippen molar-refractivity contribution in [1.29, 1.82) is 5.26 Å². The number of carbonyl (C=O) groups excluding carboxylic acids is 2. The maximum absolute atomic E-state index is 12.5. The molecule has 6 nitrogen and oxygen atoms in total. The maximum Gasteiger partial charge on any atom is 0.330 e. The summed E-state index contributed by atoms with van der Waals surface area (Å²) in [5.74, 6) is 0.451. The van der Waals surface area contributed by atoms with Crippen LogP contribution in [0.4, 0.5) is 0 Å². The normalized spacial score (nSPS) is 19.4. The van der Waals surface area contributed by atoms with Gasteiger partial charge >= 0.3 is 5.97 Å². The highest BCUT2D eigenvalue weighted by Gasteiger charge is 2.43. The third-order valence-corrected chi connectivity index (χ3v) is 5.17. The Bertz CT molecular complexity index is 795. The minimum absolute atomic E-state index is 0.100. The molecule has 2 aromatic rings. The van der Waals surface area contributed by atoms with Crippen LogP contribution in [0.25, 0.3) is 0 Å². The predicted molar refractivity (Wildman–Crippen MR) is 91.2 cm³/mol. The number of nitrogens with zero attached hydrogens (tertiary/aromatic N) is 2. The van der Waals surface area contributed by atoms with Gasteiger partial charge in [-0.05, 0) is 29.8 Å². The molecule has 25 heavy (non-hydrogen) atoms. The largest absolute Gasteiger partial charge is 0.466 e. The highest BCUT2D eigenvalue weighted by Crippen LogP contribution is 2.41. The molecule has 128 valence electrons. The van der Waals surface area contributed by atoms with Crippen molar-refractivity contribution in [3.8, 4) is 6.07 Å². The Morgan fingerprint density at radius 1 is 1.36 bits per heavy atom. The van der Waals surface area contributed by atoms with Gasteiger partial charge in [0.05, 0.1) is 17.9 Å². The van der Waals surface area contributed by atoms with Crippen molar-refractivity contribution in [1.82, 2.24) is 4.90 Å². The van der Waals surface area contributed by atoms with E-state index in [4.69, 9.17) is 14.4 Å². The second-order valence-electron chi connectivity index (χ2n) is 5.56. The fourth-order valence-corrected chi connectivity index (χ4v) is 4.07. The maximum atomic E-state index is 12.5. The van der Waals surface area contributed by atoms with Gasteiger partial charge in [0, 0.05) is 12.7 Å². The molecule has 3 rings (SSSR count). The molecule has 1 saturated heterocycles. The topological polar surface area (TPSA) is 83.5 Å². The SMILES string of the molecule is CC(=O)N1[C@@H](c2ccco2)SC[C@H]1C(=O)OCc1ccc(C#N)cc1. The smallest absolute Gasteiger partial charge is 0.330 e. The minimum Gasteiger partial charge on any atom is -0.466 e. The molecule has 0 N–H and O–H groups in total. The van der Waals surface area contributed by atoms with Crippen LogP contribution in [-0.4, -0.2) is 28.6 Å². The first-order valence-electron chi connectivity index (χ1n) is 7.69. The van der Waals surface area contributed by atoms with E-state index < -0.39 is 12.0 Å². The number of amides is 1. The van der Waals surface area contributed by atoms with Crippen LogP contribution in [0.15, 0.2) is 47.1 Å². The van der Waals surface area contributed by atoms with Gasteiger partial charge in [-0.15, -0.1) is 11.8 Å². The second kappa shape index (κ2) is 7.45. The Balaban J connectivity index is 1.66. The van der Waals surface area contributed by atoms with E-state index in [1.165, 1.54) is 23.6 Å². The van der Waals surface area contributed by atoms with Crippen molar-refractivity contribution in [3.05, 3.63) is 59.5 Å². The van der Waals surface area contributed by atoms with Crippen LogP contribution in [0.5, 0.6) is 0 Å². The standard InChI is InChI=1S/C18H16N2O4S/c1-12(21)20-15(11-25-17(20)16-3-2-8-23-16)18(22)24-10-14-6-4-13(9-19)5-7-14/h2-8,15,17H,10-11H2,1H3/t15-,17+/m0/s1. The molecule has 0 unspecified atom stereocenters. The zero-order valence-electron chi connectivity index (χ0n) is 13.5. The van der Waals surface area contributed by atoms with E-state index in [1.807, 2.05) is 6.07 Å². The summed E-state index contributed by atoms with van der Waals surface area (Å²) in [6.07, 6.45) is 1.55. The second-order valence-corrected chi connectivity index (χ2v) is 6.67. The van der Waals surface area contributed by atoms with Crippen LogP contribution in [0.3, 0.4) is 0 Å². The molecule has 0 spiro atoms. The van der Waals surface area contributed by atoms with E-state index in [1.54, 1.807) is 42.7 Å². The highest BCUT2D eigenvalue weighted by molar-refractivity contribution is 7.99. The molecule has 7 heteroatoms. The molecule has 0 aliphatic carbocycles. The van der Waals surface area contributed by atoms with Crippen LogP contribution in [0, 0.1) is 11.3 Å². The number of hydrogen-bond acceptors (Lipinski definition) is 6. The van der Waals surface area contributed by atoms with E-state index in [2.05, 4.69) is 0 Å². The number of hydrogen-bond donors (Lipinski definition) is 0. The van der Waals surface area contributed by atoms with Crippen LogP contribution >= 0.6 is 11.8 Å². The van der Waals surface area contributed by atoms with Gasteiger partial charge in [-0.3, -0.25) is 4.79 Å². The number of ether oxygens (including phenoxy) is 1. The van der Waals surface area contributed by atoms with Crippen molar-refractivity contribution in [2.45, 2.75) is 24.9 Å². The average Bonchev–Trinajstić information content (AvgIpc) is 3.28. The van der Waals surface area contributed by atoms with Crippen molar-refractivity contribution < 1.29 is 18.7 Å². The summed E-state index contributed by atoms with van der Waals surface area (Å²) in [5, 5.41) is 8.47. The van der Waals surface area contributed by atoms with Gasteiger partial charge in [-0.25, -0.2) is 4.79 Å². The Labute approximate surface area is 149 Å². The summed E-state index contributed by atoms with van der Waals surface area (Å²) in [6, 6.07) is 11.8. The third kappa shape index (κ3) is 3.69. The number of thioether (sulfide) groups is 1. The highest BCUT2D eigenvalue weighted by atomic mass is 32.2. The zero-order valence-corrected chi connectivity index (χ0v) is 14.4. The minimum atomic E-state index is -0.643. The van der Waals surface area contributed by atoms with E-state index in [0.29, 0.717) is 17.1 Å². The lowest BCUT2D eigenvalue weighted by Crippen LogP contribution is -2.42. The van der Waals surface area contributed by atoms with Gasteiger partial charge in [0.15, 0.2) is 0 Å². The first kappa shape index (κ1) is 17.1. The number of nitriles is 1. The lowest BCUT2D eigenvalue weighted by atomic mass is 10.1. The number of rotatable bonds is 4.